The molecule has 2 heterocycles. The summed E-state index contributed by atoms with van der Waals surface area (Å²) in [6, 6.07) is 8.06. The molecule has 7 heteroatoms. The second-order valence-electron chi connectivity index (χ2n) is 10.9. The van der Waals surface area contributed by atoms with E-state index < -0.39 is 32.8 Å². The van der Waals surface area contributed by atoms with Crippen molar-refractivity contribution in [1.82, 2.24) is 4.90 Å². The number of likely N-dealkylation sites (tertiary alicyclic amines) is 1. The Labute approximate surface area is 195 Å². The van der Waals surface area contributed by atoms with E-state index in [0.717, 1.165) is 62.9 Å². The van der Waals surface area contributed by atoms with Gasteiger partial charge in [-0.2, -0.15) is 0 Å². The molecule has 4 nitrogen and oxygen atoms in total. The van der Waals surface area contributed by atoms with Gasteiger partial charge in [0.25, 0.3) is 0 Å². The first kappa shape index (κ1) is 24.1. The average Bonchev–Trinajstić information content (AvgIpc) is 2.70. The van der Waals surface area contributed by atoms with Gasteiger partial charge in [-0.05, 0) is 72.1 Å². The number of benzene rings is 2. The molecule has 0 radical (unpaired) electrons. The number of hydrogen-bond acceptors (Lipinski definition) is 4. The summed E-state index contributed by atoms with van der Waals surface area (Å²) >= 11 is 0. The summed E-state index contributed by atoms with van der Waals surface area (Å²) in [6.07, 6.45) is 4.76. The van der Waals surface area contributed by atoms with E-state index in [2.05, 4.69) is 25.7 Å². The molecule has 2 aromatic rings. The molecule has 180 valence electrons. The zero-order chi connectivity index (χ0) is 24.0. The van der Waals surface area contributed by atoms with Crippen molar-refractivity contribution in [2.45, 2.75) is 57.8 Å². The molecule has 2 aromatic carbocycles. The van der Waals surface area contributed by atoms with Crippen molar-refractivity contribution in [3.63, 3.8) is 0 Å². The van der Waals surface area contributed by atoms with Crippen LogP contribution in [0.2, 0.25) is 0 Å². The van der Waals surface area contributed by atoms with Crippen molar-refractivity contribution in [3.8, 4) is 16.9 Å². The molecule has 4 rings (SSSR count). The molecule has 2 aliphatic rings. The zero-order valence-corrected chi connectivity index (χ0v) is 20.7. The first-order valence-corrected chi connectivity index (χ1v) is 13.6. The molecule has 0 unspecified atom stereocenters. The third kappa shape index (κ3) is 5.75. The van der Waals surface area contributed by atoms with Gasteiger partial charge < -0.3 is 9.64 Å². The third-order valence-corrected chi connectivity index (χ3v) is 7.40. The number of hydrogen-bond donors (Lipinski definition) is 0. The Kier molecular flexibility index (Phi) is 6.33. The highest BCUT2D eigenvalue weighted by atomic mass is 32.2. The minimum absolute atomic E-state index is 0.131. The molecule has 0 aromatic heterocycles. The minimum Gasteiger partial charge on any atom is -0.487 e. The number of halogens is 2. The zero-order valence-electron chi connectivity index (χ0n) is 19.9. The third-order valence-electron chi connectivity index (χ3n) is 6.58. The number of aryl methyl sites for hydroxylation is 1. The van der Waals surface area contributed by atoms with Gasteiger partial charge in [-0.3, -0.25) is 0 Å². The van der Waals surface area contributed by atoms with Crippen molar-refractivity contribution in [3.05, 3.63) is 53.1 Å². The number of ether oxygens (including phenoxy) is 1. The van der Waals surface area contributed by atoms with Crippen molar-refractivity contribution in [2.75, 3.05) is 25.9 Å². The van der Waals surface area contributed by atoms with Crippen LogP contribution in [0.4, 0.5) is 8.78 Å². The van der Waals surface area contributed by atoms with Crippen LogP contribution in [-0.4, -0.2) is 44.8 Å². The monoisotopic (exact) mass is 477 g/mol. The van der Waals surface area contributed by atoms with E-state index in [1.165, 1.54) is 12.1 Å². The van der Waals surface area contributed by atoms with Crippen LogP contribution in [-0.2, 0) is 22.0 Å². The lowest BCUT2D eigenvalue weighted by molar-refractivity contribution is -0.0206. The van der Waals surface area contributed by atoms with E-state index in [4.69, 9.17) is 4.74 Å². The Morgan fingerprint density at radius 3 is 2.21 bits per heavy atom. The smallest absolute Gasteiger partial charge is 0.151 e. The predicted molar refractivity (Wildman–Crippen MR) is 127 cm³/mol. The number of nitrogens with zero attached hydrogens (tertiary/aromatic N) is 1. The Morgan fingerprint density at radius 1 is 1.00 bits per heavy atom. The van der Waals surface area contributed by atoms with E-state index in [9.17, 15) is 17.2 Å². The van der Waals surface area contributed by atoms with Gasteiger partial charge >= 0.3 is 0 Å². The highest BCUT2D eigenvalue weighted by Crippen LogP contribution is 2.41. The maximum absolute atomic E-state index is 14.5. The van der Waals surface area contributed by atoms with Crippen LogP contribution in [0.15, 0.2) is 30.3 Å². The fraction of sp³-hybridized carbons (Fsp3) is 0.538. The summed E-state index contributed by atoms with van der Waals surface area (Å²) in [5, 5.41) is 0. The van der Waals surface area contributed by atoms with Gasteiger partial charge in [0.2, 0.25) is 0 Å². The van der Waals surface area contributed by atoms with Gasteiger partial charge in [-0.15, -0.1) is 0 Å². The van der Waals surface area contributed by atoms with E-state index in [0.29, 0.717) is 11.1 Å². The minimum atomic E-state index is -3.54. The molecule has 1 spiro atoms. The fourth-order valence-corrected chi connectivity index (χ4v) is 5.81. The Morgan fingerprint density at radius 2 is 1.64 bits per heavy atom. The largest absolute Gasteiger partial charge is 0.487 e. The van der Waals surface area contributed by atoms with Crippen molar-refractivity contribution >= 4 is 9.84 Å². The molecule has 0 N–H and O–H groups in total. The van der Waals surface area contributed by atoms with Crippen LogP contribution in [0.3, 0.4) is 0 Å². The van der Waals surface area contributed by atoms with Crippen LogP contribution in [0, 0.1) is 17.0 Å². The Balaban J connectivity index is 1.50. The second kappa shape index (κ2) is 8.66. The van der Waals surface area contributed by atoms with E-state index in [1.807, 2.05) is 18.2 Å². The quantitative estimate of drug-likeness (QED) is 0.593. The standard InChI is InChI=1S/C26H33F2NO3S/c1-25(2,3)17-29-11-9-26(10-12-29)8-7-19-13-18(5-6-24(19)32-26)20-14-22(27)21(23(28)15-20)16-33(4,30)31/h5-6,13-15H,7-12,16-17H2,1-4H3. The molecule has 2 aliphatic heterocycles. The summed E-state index contributed by atoms with van der Waals surface area (Å²) < 4.78 is 58.5. The van der Waals surface area contributed by atoms with Crippen LogP contribution in [0.1, 0.15) is 51.2 Å². The highest BCUT2D eigenvalue weighted by Gasteiger charge is 2.40. The molecular formula is C26H33F2NO3S. The first-order chi connectivity index (χ1) is 15.3. The summed E-state index contributed by atoms with van der Waals surface area (Å²) in [7, 11) is -3.54. The summed E-state index contributed by atoms with van der Waals surface area (Å²) in [4.78, 5) is 2.52. The second-order valence-corrected chi connectivity index (χ2v) is 13.1. The molecule has 0 atom stereocenters. The van der Waals surface area contributed by atoms with Crippen molar-refractivity contribution < 1.29 is 21.9 Å². The van der Waals surface area contributed by atoms with Gasteiger partial charge in [0.05, 0.1) is 5.75 Å². The first-order valence-electron chi connectivity index (χ1n) is 11.5. The normalized spacial score (nSPS) is 18.7. The van der Waals surface area contributed by atoms with Crippen LogP contribution < -0.4 is 4.74 Å². The van der Waals surface area contributed by atoms with Gasteiger partial charge in [0.1, 0.15) is 23.0 Å². The topological polar surface area (TPSA) is 46.6 Å². The maximum atomic E-state index is 14.5. The Hall–Kier alpha value is -1.99. The number of piperidine rings is 1. The predicted octanol–water partition coefficient (Wildman–Crippen LogP) is 5.38. The molecule has 0 aliphatic carbocycles. The van der Waals surface area contributed by atoms with Crippen molar-refractivity contribution in [1.29, 1.82) is 0 Å². The lowest BCUT2D eigenvalue weighted by Gasteiger charge is -2.45. The molecule has 0 bridgehead atoms. The molecule has 1 saturated heterocycles. The fourth-order valence-electron chi connectivity index (χ4n) is 5.01. The van der Waals surface area contributed by atoms with E-state index in [1.54, 1.807) is 0 Å². The van der Waals surface area contributed by atoms with Crippen LogP contribution >= 0.6 is 0 Å². The number of fused-ring (bicyclic) bond motifs is 1. The SMILES string of the molecule is CC(C)(C)CN1CCC2(CCc3cc(-c4cc(F)c(CS(C)(=O)=O)c(F)c4)ccc3O2)CC1. The van der Waals surface area contributed by atoms with E-state index in [-0.39, 0.29) is 11.0 Å². The molecular weight excluding hydrogens is 444 g/mol. The highest BCUT2D eigenvalue weighted by molar-refractivity contribution is 7.89. The molecule has 1 fully saturated rings. The summed E-state index contributed by atoms with van der Waals surface area (Å²) in [5.74, 6) is -1.49. The maximum Gasteiger partial charge on any atom is 0.151 e. The molecule has 0 saturated carbocycles. The van der Waals surface area contributed by atoms with E-state index >= 15 is 0 Å². The van der Waals surface area contributed by atoms with Gasteiger partial charge in [-0.1, -0.05) is 26.8 Å². The molecule has 0 amide bonds. The average molecular weight is 478 g/mol. The summed E-state index contributed by atoms with van der Waals surface area (Å²) in [6.45, 7) is 9.93. The van der Waals surface area contributed by atoms with Gasteiger partial charge in [0, 0.05) is 31.5 Å². The number of rotatable bonds is 4. The number of sulfone groups is 1. The summed E-state index contributed by atoms with van der Waals surface area (Å²) in [5.41, 5.74) is 1.86. The lowest BCUT2D eigenvalue weighted by Crippen LogP contribution is -2.51. The van der Waals surface area contributed by atoms with Crippen molar-refractivity contribution in [2.24, 2.45) is 5.41 Å². The molecule has 33 heavy (non-hydrogen) atoms. The Bertz CT molecular complexity index is 1120. The lowest BCUT2D eigenvalue weighted by atomic mass is 9.82. The van der Waals surface area contributed by atoms with Gasteiger partial charge in [0.15, 0.2) is 9.84 Å². The van der Waals surface area contributed by atoms with Crippen LogP contribution in [0.25, 0.3) is 11.1 Å². The van der Waals surface area contributed by atoms with Crippen LogP contribution in [0.5, 0.6) is 5.75 Å². The van der Waals surface area contributed by atoms with Gasteiger partial charge in [-0.25, -0.2) is 17.2 Å².